The number of likely N-dealkylation sites (tertiary alicyclic amines) is 1. The lowest BCUT2D eigenvalue weighted by atomic mass is 9.86. The van der Waals surface area contributed by atoms with E-state index in [4.69, 9.17) is 10.8 Å². The Hall–Kier alpha value is -1.10. The first-order valence-electron chi connectivity index (χ1n) is 5.93. The number of rotatable bonds is 2. The molecular weight excluding hydrogens is 220 g/mol. The minimum atomic E-state index is -0.941. The fourth-order valence-electron chi connectivity index (χ4n) is 2.07. The Kier molecular flexibility index (Phi) is 3.81. The van der Waals surface area contributed by atoms with Crippen LogP contribution in [0.2, 0.25) is 0 Å². The molecule has 5 nitrogen and oxygen atoms in total. The molecule has 0 aromatic heterocycles. The van der Waals surface area contributed by atoms with Gasteiger partial charge in [-0.05, 0) is 17.8 Å². The predicted molar refractivity (Wildman–Crippen MR) is 64.3 cm³/mol. The smallest absolute Gasteiger partial charge is 0.326 e. The van der Waals surface area contributed by atoms with Crippen LogP contribution in [0.25, 0.3) is 0 Å². The lowest BCUT2D eigenvalue weighted by molar-refractivity contribution is -0.149. The number of carboxylic acid groups (broad SMARTS) is 1. The van der Waals surface area contributed by atoms with Gasteiger partial charge in [0.05, 0.1) is 6.04 Å². The van der Waals surface area contributed by atoms with Crippen LogP contribution in [0.5, 0.6) is 0 Å². The monoisotopic (exact) mass is 242 g/mol. The Labute approximate surface area is 102 Å². The summed E-state index contributed by atoms with van der Waals surface area (Å²) in [5.74, 6) is -0.981. The van der Waals surface area contributed by atoms with E-state index in [2.05, 4.69) is 0 Å². The van der Waals surface area contributed by atoms with Crippen molar-refractivity contribution in [1.29, 1.82) is 0 Å². The minimum Gasteiger partial charge on any atom is -0.480 e. The van der Waals surface area contributed by atoms with E-state index in [0.717, 1.165) is 0 Å². The predicted octanol–water partition coefficient (Wildman–Crippen LogP) is 0.681. The molecule has 0 saturated carbocycles. The zero-order chi connectivity index (χ0) is 13.4. The molecule has 0 aromatic carbocycles. The van der Waals surface area contributed by atoms with Crippen molar-refractivity contribution < 1.29 is 14.7 Å². The molecule has 3 atom stereocenters. The SMILES string of the molecule is C[C@H]1C[C@@H](C(=O)O)N(C(=O)[C@@H](N)C(C)(C)C)C1. The number of amides is 1. The first-order chi connectivity index (χ1) is 7.64. The summed E-state index contributed by atoms with van der Waals surface area (Å²) < 4.78 is 0. The number of hydrogen-bond acceptors (Lipinski definition) is 3. The van der Waals surface area contributed by atoms with Crippen molar-refractivity contribution in [1.82, 2.24) is 4.90 Å². The van der Waals surface area contributed by atoms with E-state index in [1.165, 1.54) is 4.90 Å². The average Bonchev–Trinajstić information content (AvgIpc) is 2.56. The first kappa shape index (κ1) is 14.0. The van der Waals surface area contributed by atoms with Crippen LogP contribution < -0.4 is 5.73 Å². The van der Waals surface area contributed by atoms with E-state index in [1.807, 2.05) is 27.7 Å². The molecule has 0 aromatic rings. The van der Waals surface area contributed by atoms with Crippen molar-refractivity contribution in [3.63, 3.8) is 0 Å². The van der Waals surface area contributed by atoms with E-state index in [0.29, 0.717) is 13.0 Å². The Morgan fingerprint density at radius 3 is 2.35 bits per heavy atom. The molecule has 5 heteroatoms. The van der Waals surface area contributed by atoms with Gasteiger partial charge in [-0.1, -0.05) is 27.7 Å². The summed E-state index contributed by atoms with van der Waals surface area (Å²) >= 11 is 0. The summed E-state index contributed by atoms with van der Waals surface area (Å²) in [7, 11) is 0. The van der Waals surface area contributed by atoms with Gasteiger partial charge in [-0.25, -0.2) is 4.79 Å². The lowest BCUT2D eigenvalue weighted by Gasteiger charge is -2.31. The molecule has 1 aliphatic heterocycles. The molecule has 1 rings (SSSR count). The van der Waals surface area contributed by atoms with Crippen LogP contribution in [-0.4, -0.2) is 40.5 Å². The fourth-order valence-corrected chi connectivity index (χ4v) is 2.07. The maximum atomic E-state index is 12.2. The molecule has 3 N–H and O–H groups in total. The van der Waals surface area contributed by atoms with E-state index < -0.39 is 18.1 Å². The molecule has 1 fully saturated rings. The van der Waals surface area contributed by atoms with Crippen molar-refractivity contribution in [3.05, 3.63) is 0 Å². The van der Waals surface area contributed by atoms with Crippen molar-refractivity contribution in [2.45, 2.75) is 46.2 Å². The van der Waals surface area contributed by atoms with Crippen LogP contribution in [0.15, 0.2) is 0 Å². The van der Waals surface area contributed by atoms with Crippen molar-refractivity contribution in [3.8, 4) is 0 Å². The summed E-state index contributed by atoms with van der Waals surface area (Å²) in [5, 5.41) is 9.10. The molecule has 1 saturated heterocycles. The molecule has 0 aliphatic carbocycles. The molecule has 0 spiro atoms. The third-order valence-corrected chi connectivity index (χ3v) is 3.28. The molecule has 1 heterocycles. The highest BCUT2D eigenvalue weighted by molar-refractivity contribution is 5.88. The minimum absolute atomic E-state index is 0.215. The molecule has 98 valence electrons. The van der Waals surface area contributed by atoms with Crippen molar-refractivity contribution >= 4 is 11.9 Å². The molecule has 0 bridgehead atoms. The number of nitrogens with zero attached hydrogens (tertiary/aromatic N) is 1. The van der Waals surface area contributed by atoms with Crippen LogP contribution >= 0.6 is 0 Å². The van der Waals surface area contributed by atoms with Crippen LogP contribution in [0.4, 0.5) is 0 Å². The van der Waals surface area contributed by atoms with E-state index in [1.54, 1.807) is 0 Å². The summed E-state index contributed by atoms with van der Waals surface area (Å²) in [6.45, 7) is 8.08. The second-order valence-electron chi connectivity index (χ2n) is 6.03. The highest BCUT2D eigenvalue weighted by Crippen LogP contribution is 2.27. The van der Waals surface area contributed by atoms with Gasteiger partial charge in [0.15, 0.2) is 0 Å². The van der Waals surface area contributed by atoms with E-state index >= 15 is 0 Å². The zero-order valence-electron chi connectivity index (χ0n) is 10.9. The number of hydrogen-bond donors (Lipinski definition) is 2. The van der Waals surface area contributed by atoms with E-state index in [-0.39, 0.29) is 17.2 Å². The van der Waals surface area contributed by atoms with Gasteiger partial charge in [-0.3, -0.25) is 4.79 Å². The van der Waals surface area contributed by atoms with Gasteiger partial charge in [-0.15, -0.1) is 0 Å². The highest BCUT2D eigenvalue weighted by atomic mass is 16.4. The number of aliphatic carboxylic acids is 1. The highest BCUT2D eigenvalue weighted by Gasteiger charge is 2.41. The Balaban J connectivity index is 2.84. The van der Waals surface area contributed by atoms with Gasteiger partial charge < -0.3 is 15.7 Å². The summed E-state index contributed by atoms with van der Waals surface area (Å²) in [6, 6.07) is -1.37. The quantitative estimate of drug-likeness (QED) is 0.746. The standard InChI is InChI=1S/C12H22N2O3/c1-7-5-8(11(16)17)14(6-7)10(15)9(13)12(2,3)4/h7-9H,5-6,13H2,1-4H3,(H,16,17)/t7-,8-,9+/m0/s1. The average molecular weight is 242 g/mol. The number of nitrogens with two attached hydrogens (primary N) is 1. The van der Waals surface area contributed by atoms with Crippen molar-refractivity contribution in [2.75, 3.05) is 6.54 Å². The van der Waals surface area contributed by atoms with E-state index in [9.17, 15) is 9.59 Å². The van der Waals surface area contributed by atoms with Crippen LogP contribution in [0, 0.1) is 11.3 Å². The van der Waals surface area contributed by atoms with Gasteiger partial charge in [0.25, 0.3) is 0 Å². The second-order valence-corrected chi connectivity index (χ2v) is 6.03. The topological polar surface area (TPSA) is 83.6 Å². The Morgan fingerprint density at radius 2 is 1.94 bits per heavy atom. The third kappa shape index (κ3) is 2.97. The van der Waals surface area contributed by atoms with Crippen LogP contribution in [-0.2, 0) is 9.59 Å². The number of carbonyl (C=O) groups excluding carboxylic acids is 1. The Bertz CT molecular complexity index is 322. The first-order valence-corrected chi connectivity index (χ1v) is 5.93. The van der Waals surface area contributed by atoms with Crippen molar-refractivity contribution in [2.24, 2.45) is 17.1 Å². The summed E-state index contributed by atoms with van der Waals surface area (Å²) in [6.07, 6.45) is 0.512. The van der Waals surface area contributed by atoms with Crippen LogP contribution in [0.3, 0.4) is 0 Å². The maximum absolute atomic E-state index is 12.2. The molecule has 1 amide bonds. The Morgan fingerprint density at radius 1 is 1.41 bits per heavy atom. The molecule has 1 aliphatic rings. The molecule has 0 unspecified atom stereocenters. The van der Waals surface area contributed by atoms with Gasteiger partial charge in [0, 0.05) is 6.54 Å². The number of carbonyl (C=O) groups is 2. The normalized spacial score (nSPS) is 27.0. The molecular formula is C12H22N2O3. The zero-order valence-corrected chi connectivity index (χ0v) is 10.9. The van der Waals surface area contributed by atoms with Gasteiger partial charge >= 0.3 is 5.97 Å². The third-order valence-electron chi connectivity index (χ3n) is 3.28. The summed E-state index contributed by atoms with van der Waals surface area (Å²) in [4.78, 5) is 24.7. The lowest BCUT2D eigenvalue weighted by Crippen LogP contribution is -2.53. The largest absolute Gasteiger partial charge is 0.480 e. The van der Waals surface area contributed by atoms with Gasteiger partial charge in [0.2, 0.25) is 5.91 Å². The fraction of sp³-hybridized carbons (Fsp3) is 0.833. The summed E-state index contributed by atoms with van der Waals surface area (Å²) in [5.41, 5.74) is 5.54. The van der Waals surface area contributed by atoms with Gasteiger partial charge in [-0.2, -0.15) is 0 Å². The molecule has 17 heavy (non-hydrogen) atoms. The van der Waals surface area contributed by atoms with Gasteiger partial charge in [0.1, 0.15) is 6.04 Å². The maximum Gasteiger partial charge on any atom is 0.326 e. The number of carboxylic acids is 1. The second kappa shape index (κ2) is 4.64. The van der Waals surface area contributed by atoms with Crippen LogP contribution in [0.1, 0.15) is 34.1 Å². The molecule has 0 radical (unpaired) electrons.